The highest BCUT2D eigenvalue weighted by molar-refractivity contribution is 5.76. The molecule has 0 bridgehead atoms. The van der Waals surface area contributed by atoms with Crippen LogP contribution in [0.1, 0.15) is 19.3 Å². The van der Waals surface area contributed by atoms with Gasteiger partial charge in [0.15, 0.2) is 0 Å². The van der Waals surface area contributed by atoms with Gasteiger partial charge in [-0.3, -0.25) is 9.59 Å². The van der Waals surface area contributed by atoms with Gasteiger partial charge in [0.2, 0.25) is 5.91 Å². The molecule has 0 heterocycles. The van der Waals surface area contributed by atoms with Gasteiger partial charge in [-0.25, -0.2) is 0 Å². The van der Waals surface area contributed by atoms with Crippen molar-refractivity contribution in [3.63, 3.8) is 0 Å². The Bertz CT molecular complexity index is 378. The maximum Gasteiger partial charge on any atom is 0.303 e. The van der Waals surface area contributed by atoms with E-state index in [2.05, 4.69) is 5.32 Å². The Morgan fingerprint density at radius 1 is 1.17 bits per heavy atom. The molecule has 1 amide bonds. The Hall–Kier alpha value is -2.04. The van der Waals surface area contributed by atoms with Gasteiger partial charge in [-0.15, -0.1) is 0 Å². The molecule has 0 aliphatic rings. The normalized spacial score (nSPS) is 9.78. The van der Waals surface area contributed by atoms with Crippen LogP contribution in [0.2, 0.25) is 0 Å². The average molecular weight is 251 g/mol. The van der Waals surface area contributed by atoms with Gasteiger partial charge < -0.3 is 15.2 Å². The minimum Gasteiger partial charge on any atom is -0.493 e. The van der Waals surface area contributed by atoms with Crippen LogP contribution in [0, 0.1) is 0 Å². The number of amides is 1. The lowest BCUT2D eigenvalue weighted by Crippen LogP contribution is -2.26. The zero-order valence-corrected chi connectivity index (χ0v) is 10.1. The fourth-order valence-corrected chi connectivity index (χ4v) is 1.33. The van der Waals surface area contributed by atoms with E-state index < -0.39 is 5.97 Å². The monoisotopic (exact) mass is 251 g/mol. The Morgan fingerprint density at radius 3 is 2.56 bits per heavy atom. The van der Waals surface area contributed by atoms with E-state index in [1.807, 2.05) is 30.3 Å². The van der Waals surface area contributed by atoms with Crippen molar-refractivity contribution in [3.8, 4) is 5.75 Å². The second-order valence-electron chi connectivity index (χ2n) is 3.76. The van der Waals surface area contributed by atoms with Gasteiger partial charge in [0.05, 0.1) is 13.0 Å². The number of carbonyl (C=O) groups excluding carboxylic acids is 1. The topological polar surface area (TPSA) is 75.6 Å². The predicted octanol–water partition coefficient (Wildman–Crippen LogP) is 1.44. The molecule has 1 aromatic rings. The molecule has 0 aromatic heterocycles. The summed E-state index contributed by atoms with van der Waals surface area (Å²) in [6.45, 7) is 0.700. The van der Waals surface area contributed by atoms with E-state index in [0.29, 0.717) is 19.6 Å². The summed E-state index contributed by atoms with van der Waals surface area (Å²) in [7, 11) is 0. The number of para-hydroxylation sites is 1. The molecule has 2 N–H and O–H groups in total. The highest BCUT2D eigenvalue weighted by Gasteiger charge is 2.02. The molecule has 5 nitrogen and oxygen atoms in total. The second kappa shape index (κ2) is 8.11. The summed E-state index contributed by atoms with van der Waals surface area (Å²) in [5.74, 6) is -0.246. The quantitative estimate of drug-likeness (QED) is 0.685. The Morgan fingerprint density at radius 2 is 1.89 bits per heavy atom. The summed E-state index contributed by atoms with van der Waals surface area (Å²) in [5, 5.41) is 11.1. The third-order valence-corrected chi connectivity index (χ3v) is 2.23. The highest BCUT2D eigenvalue weighted by atomic mass is 16.5. The Labute approximate surface area is 106 Å². The van der Waals surface area contributed by atoms with Crippen molar-refractivity contribution in [1.29, 1.82) is 0 Å². The molecule has 0 aliphatic carbocycles. The van der Waals surface area contributed by atoms with E-state index in [1.165, 1.54) is 0 Å². The zero-order valence-electron chi connectivity index (χ0n) is 10.1. The SMILES string of the molecule is O=C(O)CCCNC(=O)CCOc1ccccc1. The first-order chi connectivity index (χ1) is 8.68. The summed E-state index contributed by atoms with van der Waals surface area (Å²) in [4.78, 5) is 21.6. The van der Waals surface area contributed by atoms with Crippen LogP contribution in [-0.2, 0) is 9.59 Å². The molecule has 0 unspecified atom stereocenters. The molecule has 1 rings (SSSR count). The van der Waals surface area contributed by atoms with Crippen LogP contribution in [0.3, 0.4) is 0 Å². The van der Waals surface area contributed by atoms with E-state index in [1.54, 1.807) is 0 Å². The van der Waals surface area contributed by atoms with Crippen molar-refractivity contribution >= 4 is 11.9 Å². The van der Waals surface area contributed by atoms with Crippen LogP contribution in [-0.4, -0.2) is 30.1 Å². The molecule has 98 valence electrons. The third kappa shape index (κ3) is 6.52. The van der Waals surface area contributed by atoms with Crippen LogP contribution < -0.4 is 10.1 Å². The number of aliphatic carboxylic acids is 1. The molecular weight excluding hydrogens is 234 g/mol. The van der Waals surface area contributed by atoms with Crippen LogP contribution in [0.25, 0.3) is 0 Å². The van der Waals surface area contributed by atoms with Gasteiger partial charge in [-0.1, -0.05) is 18.2 Å². The lowest BCUT2D eigenvalue weighted by Gasteiger charge is -2.06. The first-order valence-electron chi connectivity index (χ1n) is 5.85. The summed E-state index contributed by atoms with van der Waals surface area (Å²) in [6.07, 6.45) is 0.781. The number of carboxylic acid groups (broad SMARTS) is 1. The fraction of sp³-hybridized carbons (Fsp3) is 0.385. The van der Waals surface area contributed by atoms with Crippen molar-refractivity contribution in [1.82, 2.24) is 5.32 Å². The Balaban J connectivity index is 2.05. The van der Waals surface area contributed by atoms with E-state index in [4.69, 9.17) is 9.84 Å². The number of nitrogens with one attached hydrogen (secondary N) is 1. The van der Waals surface area contributed by atoms with Crippen LogP contribution >= 0.6 is 0 Å². The van der Waals surface area contributed by atoms with Crippen LogP contribution in [0.5, 0.6) is 5.75 Å². The summed E-state index contributed by atoms with van der Waals surface area (Å²) in [6, 6.07) is 9.26. The number of carboxylic acids is 1. The van der Waals surface area contributed by atoms with Gasteiger partial charge >= 0.3 is 5.97 Å². The van der Waals surface area contributed by atoms with Crippen molar-refractivity contribution in [2.24, 2.45) is 0 Å². The molecule has 18 heavy (non-hydrogen) atoms. The molecule has 0 saturated carbocycles. The van der Waals surface area contributed by atoms with Crippen molar-refractivity contribution in [3.05, 3.63) is 30.3 Å². The first kappa shape index (κ1) is 14.0. The number of hydrogen-bond donors (Lipinski definition) is 2. The molecule has 0 saturated heterocycles. The largest absolute Gasteiger partial charge is 0.493 e. The van der Waals surface area contributed by atoms with E-state index in [9.17, 15) is 9.59 Å². The van der Waals surface area contributed by atoms with Crippen molar-refractivity contribution < 1.29 is 19.4 Å². The van der Waals surface area contributed by atoms with E-state index >= 15 is 0 Å². The first-order valence-corrected chi connectivity index (χ1v) is 5.85. The maximum atomic E-state index is 11.3. The fourth-order valence-electron chi connectivity index (χ4n) is 1.33. The van der Waals surface area contributed by atoms with Gasteiger partial charge in [0, 0.05) is 13.0 Å². The Kier molecular flexibility index (Phi) is 6.32. The van der Waals surface area contributed by atoms with Crippen molar-refractivity contribution in [2.75, 3.05) is 13.2 Å². The van der Waals surface area contributed by atoms with Gasteiger partial charge in [0.1, 0.15) is 5.75 Å². The predicted molar refractivity (Wildman–Crippen MR) is 66.4 cm³/mol. The van der Waals surface area contributed by atoms with Crippen molar-refractivity contribution in [2.45, 2.75) is 19.3 Å². The molecule has 5 heteroatoms. The number of rotatable bonds is 8. The minimum atomic E-state index is -0.850. The van der Waals surface area contributed by atoms with E-state index in [0.717, 1.165) is 5.75 Å². The third-order valence-electron chi connectivity index (χ3n) is 2.23. The van der Waals surface area contributed by atoms with Crippen LogP contribution in [0.4, 0.5) is 0 Å². The number of benzene rings is 1. The lowest BCUT2D eigenvalue weighted by molar-refractivity contribution is -0.137. The molecule has 0 atom stereocenters. The van der Waals surface area contributed by atoms with Crippen LogP contribution in [0.15, 0.2) is 30.3 Å². The molecular formula is C13H17NO4. The summed E-state index contributed by atoms with van der Waals surface area (Å²) in [5.41, 5.74) is 0. The van der Waals surface area contributed by atoms with Gasteiger partial charge in [0.25, 0.3) is 0 Å². The smallest absolute Gasteiger partial charge is 0.303 e. The standard InChI is InChI=1S/C13H17NO4/c15-12(14-9-4-7-13(16)17)8-10-18-11-5-2-1-3-6-11/h1-3,5-6H,4,7-10H2,(H,14,15)(H,16,17). The average Bonchev–Trinajstić information content (AvgIpc) is 2.36. The lowest BCUT2D eigenvalue weighted by atomic mass is 10.3. The van der Waals surface area contributed by atoms with Gasteiger partial charge in [-0.2, -0.15) is 0 Å². The summed E-state index contributed by atoms with van der Waals surface area (Å²) < 4.78 is 5.37. The number of hydrogen-bond acceptors (Lipinski definition) is 3. The number of carbonyl (C=O) groups is 2. The number of ether oxygens (including phenoxy) is 1. The molecule has 0 radical (unpaired) electrons. The maximum absolute atomic E-state index is 11.3. The minimum absolute atomic E-state index is 0.0702. The molecule has 0 fully saturated rings. The highest BCUT2D eigenvalue weighted by Crippen LogP contribution is 2.08. The van der Waals surface area contributed by atoms with Gasteiger partial charge in [-0.05, 0) is 18.6 Å². The second-order valence-corrected chi connectivity index (χ2v) is 3.76. The molecule has 0 spiro atoms. The summed E-state index contributed by atoms with van der Waals surface area (Å²) >= 11 is 0. The van der Waals surface area contributed by atoms with E-state index in [-0.39, 0.29) is 18.7 Å². The molecule has 1 aromatic carbocycles. The zero-order chi connectivity index (χ0) is 13.2. The molecule has 0 aliphatic heterocycles.